The van der Waals surface area contributed by atoms with Gasteiger partial charge in [0.1, 0.15) is 11.2 Å². The molecular weight excluding hydrogens is 256 g/mol. The number of hydrogen-bond acceptors (Lipinski definition) is 5. The van der Waals surface area contributed by atoms with Crippen molar-refractivity contribution in [2.24, 2.45) is 5.92 Å². The van der Waals surface area contributed by atoms with E-state index in [9.17, 15) is 4.79 Å². The lowest BCUT2D eigenvalue weighted by Crippen LogP contribution is -2.30. The minimum absolute atomic E-state index is 0.388. The van der Waals surface area contributed by atoms with E-state index in [1.54, 1.807) is 6.20 Å². The number of ether oxygens (including phenoxy) is 1. The van der Waals surface area contributed by atoms with E-state index < -0.39 is 0 Å². The molecule has 1 N–H and O–H groups in total. The van der Waals surface area contributed by atoms with Gasteiger partial charge in [0.25, 0.3) is 6.47 Å². The molecule has 2 aromatic rings. The zero-order chi connectivity index (χ0) is 13.9. The van der Waals surface area contributed by atoms with Crippen molar-refractivity contribution in [3.8, 4) is 5.75 Å². The van der Waals surface area contributed by atoms with E-state index in [0.29, 0.717) is 24.2 Å². The maximum atomic E-state index is 10.7. The highest BCUT2D eigenvalue weighted by Crippen LogP contribution is 2.33. The second kappa shape index (κ2) is 5.48. The normalized spacial score (nSPS) is 22.6. The van der Waals surface area contributed by atoms with E-state index in [-0.39, 0.29) is 0 Å². The van der Waals surface area contributed by atoms with E-state index in [0.717, 1.165) is 17.6 Å². The first kappa shape index (κ1) is 12.9. The molecule has 0 saturated heterocycles. The summed E-state index contributed by atoms with van der Waals surface area (Å²) in [6.07, 6.45) is 8.07. The van der Waals surface area contributed by atoms with Crippen LogP contribution in [0, 0.1) is 5.92 Å². The third kappa shape index (κ3) is 2.33. The minimum atomic E-state index is 0.388. The van der Waals surface area contributed by atoms with Gasteiger partial charge in [-0.3, -0.25) is 4.79 Å². The van der Waals surface area contributed by atoms with Crippen LogP contribution in [0.3, 0.4) is 0 Å². The lowest BCUT2D eigenvalue weighted by atomic mass is 9.86. The van der Waals surface area contributed by atoms with E-state index in [4.69, 9.17) is 4.74 Å². The first-order chi connectivity index (χ1) is 9.79. The smallest absolute Gasteiger partial charge is 0.298 e. The highest BCUT2D eigenvalue weighted by molar-refractivity contribution is 5.78. The van der Waals surface area contributed by atoms with Gasteiger partial charge in [0, 0.05) is 6.04 Å². The van der Waals surface area contributed by atoms with Gasteiger partial charge < -0.3 is 10.1 Å². The van der Waals surface area contributed by atoms with E-state index >= 15 is 0 Å². The number of carbonyl (C=O) groups is 1. The predicted octanol–water partition coefficient (Wildman–Crippen LogP) is 2.26. The Bertz CT molecular complexity index is 610. The molecule has 1 aliphatic carbocycles. The Morgan fingerprint density at radius 2 is 2.25 bits per heavy atom. The molecule has 106 valence electrons. The number of nitrogens with one attached hydrogen (secondary N) is 1. The molecule has 0 bridgehead atoms. The van der Waals surface area contributed by atoms with Gasteiger partial charge in [-0.15, -0.1) is 4.63 Å². The number of carbonyl (C=O) groups excluding carboxylic acids is 1. The van der Waals surface area contributed by atoms with Crippen LogP contribution in [0.2, 0.25) is 0 Å². The first-order valence-electron chi connectivity index (χ1n) is 6.99. The zero-order valence-electron chi connectivity index (χ0n) is 11.5. The highest BCUT2D eigenvalue weighted by atomic mass is 16.5. The van der Waals surface area contributed by atoms with Crippen LogP contribution < -0.4 is 10.1 Å². The van der Waals surface area contributed by atoms with Crippen LogP contribution in [-0.4, -0.2) is 27.3 Å². The molecule has 2 unspecified atom stereocenters. The van der Waals surface area contributed by atoms with Gasteiger partial charge in [-0.1, -0.05) is 19.8 Å². The number of nitrogens with zero attached hydrogens (tertiary/aromatic N) is 3. The average molecular weight is 274 g/mol. The van der Waals surface area contributed by atoms with Crippen molar-refractivity contribution in [2.45, 2.75) is 38.6 Å². The molecule has 0 radical (unpaired) electrons. The number of hydrogen-bond donors (Lipinski definition) is 1. The van der Waals surface area contributed by atoms with Crippen molar-refractivity contribution in [3.05, 3.63) is 18.5 Å². The van der Waals surface area contributed by atoms with Crippen molar-refractivity contribution >= 4 is 17.7 Å². The number of anilines is 1. The molecule has 3 rings (SSSR count). The third-order valence-electron chi connectivity index (χ3n) is 4.03. The summed E-state index contributed by atoms with van der Waals surface area (Å²) >= 11 is 0. The molecule has 1 aliphatic rings. The molecule has 6 heteroatoms. The summed E-state index contributed by atoms with van der Waals surface area (Å²) < 4.78 is 6.58. The zero-order valence-corrected chi connectivity index (χ0v) is 11.5. The molecule has 1 saturated carbocycles. The van der Waals surface area contributed by atoms with E-state index in [1.807, 2.05) is 6.07 Å². The maximum absolute atomic E-state index is 10.7. The van der Waals surface area contributed by atoms with E-state index in [2.05, 4.69) is 22.4 Å². The molecule has 1 fully saturated rings. The molecule has 20 heavy (non-hydrogen) atoms. The van der Waals surface area contributed by atoms with Crippen LogP contribution in [0.1, 0.15) is 32.6 Å². The van der Waals surface area contributed by atoms with Crippen LogP contribution in [0.25, 0.3) is 5.52 Å². The van der Waals surface area contributed by atoms with Gasteiger partial charge in [0.2, 0.25) is 0 Å². The summed E-state index contributed by atoms with van der Waals surface area (Å²) in [5.74, 6) is 1.05. The largest absolute Gasteiger partial charge is 0.425 e. The van der Waals surface area contributed by atoms with Crippen molar-refractivity contribution in [2.75, 3.05) is 5.32 Å². The Hall–Kier alpha value is -2.11. The highest BCUT2D eigenvalue weighted by Gasteiger charge is 2.23. The standard InChI is InChI=1S/C14H18N4O2/c1-10-4-2-3-5-11(10)17-14-12-6-7-15-18(12)16-8-13(14)20-9-19/h6-11,17H,2-5H2,1H3. The lowest BCUT2D eigenvalue weighted by molar-refractivity contribution is -0.120. The summed E-state index contributed by atoms with van der Waals surface area (Å²) in [7, 11) is 0. The molecule has 0 aromatic carbocycles. The monoisotopic (exact) mass is 274 g/mol. The molecule has 0 amide bonds. The molecule has 2 aromatic heterocycles. The molecule has 0 spiro atoms. The maximum Gasteiger partial charge on any atom is 0.298 e. The molecule has 2 heterocycles. The fraction of sp³-hybridized carbons (Fsp3) is 0.500. The Morgan fingerprint density at radius 3 is 3.05 bits per heavy atom. The van der Waals surface area contributed by atoms with Crippen molar-refractivity contribution in [1.29, 1.82) is 0 Å². The third-order valence-corrected chi connectivity index (χ3v) is 4.03. The van der Waals surface area contributed by atoms with Crippen molar-refractivity contribution in [1.82, 2.24) is 14.8 Å². The second-order valence-electron chi connectivity index (χ2n) is 5.32. The minimum Gasteiger partial charge on any atom is -0.425 e. The Kier molecular flexibility index (Phi) is 3.54. The average Bonchev–Trinajstić information content (AvgIpc) is 2.92. The molecule has 2 atom stereocenters. The Morgan fingerprint density at radius 1 is 1.40 bits per heavy atom. The Balaban J connectivity index is 1.96. The Labute approximate surface area is 117 Å². The first-order valence-corrected chi connectivity index (χ1v) is 6.99. The number of fused-ring (bicyclic) bond motifs is 1. The fourth-order valence-corrected chi connectivity index (χ4v) is 2.87. The molecular formula is C14H18N4O2. The second-order valence-corrected chi connectivity index (χ2v) is 5.32. The summed E-state index contributed by atoms with van der Waals surface area (Å²) in [5, 5.41) is 11.8. The van der Waals surface area contributed by atoms with Gasteiger partial charge in [0.05, 0.1) is 12.4 Å². The van der Waals surface area contributed by atoms with Gasteiger partial charge in [-0.2, -0.15) is 10.2 Å². The van der Waals surface area contributed by atoms with Gasteiger partial charge in [-0.25, -0.2) is 0 Å². The quantitative estimate of drug-likeness (QED) is 0.866. The summed E-state index contributed by atoms with van der Waals surface area (Å²) in [6.45, 7) is 2.69. The number of aromatic nitrogens is 3. The fourth-order valence-electron chi connectivity index (χ4n) is 2.87. The van der Waals surface area contributed by atoms with Crippen LogP contribution >= 0.6 is 0 Å². The van der Waals surface area contributed by atoms with E-state index in [1.165, 1.54) is 30.1 Å². The van der Waals surface area contributed by atoms with Gasteiger partial charge in [0.15, 0.2) is 5.75 Å². The number of rotatable bonds is 4. The lowest BCUT2D eigenvalue weighted by Gasteiger charge is -2.30. The predicted molar refractivity (Wildman–Crippen MR) is 74.7 cm³/mol. The summed E-state index contributed by atoms with van der Waals surface area (Å²) in [5.41, 5.74) is 1.62. The molecule has 0 aliphatic heterocycles. The van der Waals surface area contributed by atoms with Crippen LogP contribution in [0.5, 0.6) is 5.75 Å². The van der Waals surface area contributed by atoms with Crippen LogP contribution in [0.4, 0.5) is 5.69 Å². The van der Waals surface area contributed by atoms with Gasteiger partial charge in [-0.05, 0) is 24.8 Å². The summed E-state index contributed by atoms with van der Waals surface area (Å²) in [4.78, 5) is 10.7. The SMILES string of the molecule is CC1CCCCC1Nc1c(OC=O)cnn2nccc12. The topological polar surface area (TPSA) is 68.5 Å². The van der Waals surface area contributed by atoms with Crippen molar-refractivity contribution in [3.63, 3.8) is 0 Å². The van der Waals surface area contributed by atoms with Gasteiger partial charge >= 0.3 is 0 Å². The summed E-state index contributed by atoms with van der Waals surface area (Å²) in [6, 6.07) is 2.25. The van der Waals surface area contributed by atoms with Crippen LogP contribution in [-0.2, 0) is 4.79 Å². The van der Waals surface area contributed by atoms with Crippen molar-refractivity contribution < 1.29 is 9.53 Å². The van der Waals surface area contributed by atoms with Crippen LogP contribution in [0.15, 0.2) is 18.5 Å². The molecule has 6 nitrogen and oxygen atoms in total.